The van der Waals surface area contributed by atoms with Gasteiger partial charge in [0.1, 0.15) is 11.4 Å². The summed E-state index contributed by atoms with van der Waals surface area (Å²) in [5.74, 6) is 0.947. The quantitative estimate of drug-likeness (QED) is 0.464. The molecule has 0 aliphatic heterocycles. The van der Waals surface area contributed by atoms with Crippen LogP contribution >= 0.6 is 11.5 Å². The van der Waals surface area contributed by atoms with Crippen LogP contribution in [0.1, 0.15) is 0 Å². The van der Waals surface area contributed by atoms with Gasteiger partial charge in [0, 0.05) is 48.8 Å². The van der Waals surface area contributed by atoms with Crippen LogP contribution < -0.4 is 20.3 Å². The first-order valence-corrected chi connectivity index (χ1v) is 9.71. The van der Waals surface area contributed by atoms with E-state index in [9.17, 15) is 4.79 Å². The number of urea groups is 1. The number of carbonyl (C=O) groups excluding carboxylic acids is 1. The molecule has 0 radical (unpaired) electrons. The topological polar surface area (TPSA) is 105 Å². The summed E-state index contributed by atoms with van der Waals surface area (Å²) in [6, 6.07) is 16.0. The Morgan fingerprint density at radius 2 is 1.87 bits per heavy atom. The van der Waals surface area contributed by atoms with Crippen LogP contribution in [0.15, 0.2) is 65.4 Å². The van der Waals surface area contributed by atoms with Gasteiger partial charge in [-0.25, -0.2) is 4.79 Å². The molecule has 0 aliphatic carbocycles. The van der Waals surface area contributed by atoms with Gasteiger partial charge in [-0.1, -0.05) is 11.2 Å². The lowest BCUT2D eigenvalue weighted by molar-refractivity contribution is 0.262. The predicted molar refractivity (Wildman–Crippen MR) is 115 cm³/mol. The van der Waals surface area contributed by atoms with Crippen LogP contribution in [0.5, 0.6) is 10.8 Å². The second-order valence-corrected chi connectivity index (χ2v) is 7.20. The van der Waals surface area contributed by atoms with Crippen LogP contribution in [-0.2, 0) is 0 Å². The fraction of sp³-hybridized carbons (Fsp3) is 0.100. The van der Waals surface area contributed by atoms with Gasteiger partial charge in [-0.2, -0.15) is 9.36 Å². The Hall–Kier alpha value is -3.92. The zero-order valence-corrected chi connectivity index (χ0v) is 17.0. The van der Waals surface area contributed by atoms with E-state index in [1.807, 2.05) is 43.3 Å². The summed E-state index contributed by atoms with van der Waals surface area (Å²) in [6.45, 7) is 0. The van der Waals surface area contributed by atoms with E-state index >= 15 is 0 Å². The summed E-state index contributed by atoms with van der Waals surface area (Å²) in [6.07, 6.45) is 1.32. The van der Waals surface area contributed by atoms with Crippen molar-refractivity contribution in [3.8, 4) is 22.4 Å². The molecule has 10 heteroatoms. The van der Waals surface area contributed by atoms with Crippen molar-refractivity contribution in [2.45, 2.75) is 0 Å². The SMILES string of the molecule is CN(C)c1cccc(NC(=O)Nc2ccc(Oc3cc(-c4ncno4)ns3)cc2)c1. The lowest BCUT2D eigenvalue weighted by Crippen LogP contribution is -2.19. The lowest BCUT2D eigenvalue weighted by Gasteiger charge is -2.14. The minimum absolute atomic E-state index is 0.328. The van der Waals surface area contributed by atoms with E-state index in [1.54, 1.807) is 30.3 Å². The van der Waals surface area contributed by atoms with E-state index in [1.165, 1.54) is 17.9 Å². The molecule has 2 aromatic carbocycles. The third kappa shape index (κ3) is 4.73. The molecule has 2 amide bonds. The average Bonchev–Trinajstić information content (AvgIpc) is 3.41. The molecule has 0 unspecified atom stereocenters. The largest absolute Gasteiger partial charge is 0.445 e. The lowest BCUT2D eigenvalue weighted by atomic mass is 10.2. The van der Waals surface area contributed by atoms with Gasteiger partial charge in [-0.3, -0.25) is 0 Å². The van der Waals surface area contributed by atoms with Crippen LogP contribution in [0.25, 0.3) is 11.6 Å². The minimum Gasteiger partial charge on any atom is -0.445 e. The summed E-state index contributed by atoms with van der Waals surface area (Å²) in [5.41, 5.74) is 2.90. The van der Waals surface area contributed by atoms with E-state index in [2.05, 4.69) is 25.1 Å². The highest BCUT2D eigenvalue weighted by atomic mass is 32.1. The van der Waals surface area contributed by atoms with Gasteiger partial charge in [-0.15, -0.1) is 0 Å². The molecule has 2 heterocycles. The standard InChI is InChI=1S/C20H18N6O3S/c1-26(2)15-5-3-4-14(10-15)24-20(27)23-13-6-8-16(9-7-13)28-18-11-17(25-30-18)19-21-12-22-29-19/h3-12H,1-2H3,(H2,23,24,27). The molecule has 30 heavy (non-hydrogen) atoms. The molecule has 0 fully saturated rings. The van der Waals surface area contributed by atoms with Gasteiger partial charge in [-0.05, 0) is 42.5 Å². The van der Waals surface area contributed by atoms with Crippen LogP contribution in [-0.4, -0.2) is 34.6 Å². The van der Waals surface area contributed by atoms with Crippen molar-refractivity contribution in [1.29, 1.82) is 0 Å². The highest BCUT2D eigenvalue weighted by molar-refractivity contribution is 7.08. The van der Waals surface area contributed by atoms with Crippen molar-refractivity contribution in [2.24, 2.45) is 0 Å². The van der Waals surface area contributed by atoms with Crippen molar-refractivity contribution in [3.63, 3.8) is 0 Å². The van der Waals surface area contributed by atoms with Crippen molar-refractivity contribution in [2.75, 3.05) is 29.6 Å². The molecule has 2 aromatic heterocycles. The number of rotatable bonds is 6. The maximum Gasteiger partial charge on any atom is 0.323 e. The molecule has 9 nitrogen and oxygen atoms in total. The van der Waals surface area contributed by atoms with Crippen LogP contribution in [0.4, 0.5) is 21.9 Å². The normalized spacial score (nSPS) is 10.5. The Bertz CT molecular complexity index is 1130. The first-order valence-electron chi connectivity index (χ1n) is 8.94. The van der Waals surface area contributed by atoms with Crippen LogP contribution in [0.3, 0.4) is 0 Å². The van der Waals surface area contributed by atoms with Crippen LogP contribution in [0.2, 0.25) is 0 Å². The number of anilines is 3. The third-order valence-corrected chi connectivity index (χ3v) is 4.69. The number of nitrogens with one attached hydrogen (secondary N) is 2. The molecule has 0 saturated heterocycles. The fourth-order valence-electron chi connectivity index (χ4n) is 2.57. The van der Waals surface area contributed by atoms with Crippen molar-refractivity contribution >= 4 is 34.6 Å². The first kappa shape index (κ1) is 19.4. The monoisotopic (exact) mass is 422 g/mol. The summed E-state index contributed by atoms with van der Waals surface area (Å²) in [4.78, 5) is 18.2. The molecule has 152 valence electrons. The Balaban J connectivity index is 1.34. The van der Waals surface area contributed by atoms with Gasteiger partial charge in [0.15, 0.2) is 6.33 Å². The maximum absolute atomic E-state index is 12.3. The zero-order chi connectivity index (χ0) is 20.9. The maximum atomic E-state index is 12.3. The molecule has 0 bridgehead atoms. The number of aromatic nitrogens is 3. The number of nitrogens with zero attached hydrogens (tertiary/aromatic N) is 4. The van der Waals surface area contributed by atoms with Gasteiger partial charge in [0.05, 0.1) is 0 Å². The zero-order valence-electron chi connectivity index (χ0n) is 16.2. The van der Waals surface area contributed by atoms with Gasteiger partial charge in [0.2, 0.25) is 5.06 Å². The van der Waals surface area contributed by atoms with E-state index in [0.29, 0.717) is 33.8 Å². The molecule has 0 saturated carbocycles. The van der Waals surface area contributed by atoms with E-state index in [-0.39, 0.29) is 6.03 Å². The smallest absolute Gasteiger partial charge is 0.323 e. The van der Waals surface area contributed by atoms with Crippen molar-refractivity contribution in [1.82, 2.24) is 14.5 Å². The number of amides is 2. The van der Waals surface area contributed by atoms with Crippen molar-refractivity contribution in [3.05, 3.63) is 60.9 Å². The van der Waals surface area contributed by atoms with E-state index in [4.69, 9.17) is 9.26 Å². The van der Waals surface area contributed by atoms with Gasteiger partial charge in [0.25, 0.3) is 5.89 Å². The second-order valence-electron chi connectivity index (χ2n) is 6.43. The number of hydrogen-bond acceptors (Lipinski definition) is 8. The van der Waals surface area contributed by atoms with E-state index < -0.39 is 0 Å². The molecule has 4 aromatic rings. The molecule has 0 atom stereocenters. The molecule has 0 spiro atoms. The highest BCUT2D eigenvalue weighted by Gasteiger charge is 2.11. The first-order chi connectivity index (χ1) is 14.6. The Morgan fingerprint density at radius 1 is 1.07 bits per heavy atom. The number of hydrogen-bond donors (Lipinski definition) is 2. The third-order valence-electron chi connectivity index (χ3n) is 4.02. The summed E-state index contributed by atoms with van der Waals surface area (Å²) >= 11 is 1.18. The Kier molecular flexibility index (Phi) is 5.57. The van der Waals surface area contributed by atoms with E-state index in [0.717, 1.165) is 5.69 Å². The second kappa shape index (κ2) is 8.62. The molecular weight excluding hydrogens is 404 g/mol. The molecule has 2 N–H and O–H groups in total. The van der Waals surface area contributed by atoms with Crippen LogP contribution in [0, 0.1) is 0 Å². The fourth-order valence-corrected chi connectivity index (χ4v) is 3.19. The van der Waals surface area contributed by atoms with Gasteiger partial charge < -0.3 is 24.8 Å². The van der Waals surface area contributed by atoms with Crippen molar-refractivity contribution < 1.29 is 14.1 Å². The number of benzene rings is 2. The summed E-state index contributed by atoms with van der Waals surface area (Å²) in [7, 11) is 3.89. The summed E-state index contributed by atoms with van der Waals surface area (Å²) < 4.78 is 15.0. The molecule has 0 aliphatic rings. The average molecular weight is 422 g/mol. The Morgan fingerprint density at radius 3 is 2.60 bits per heavy atom. The molecular formula is C20H18N6O3S. The highest BCUT2D eigenvalue weighted by Crippen LogP contribution is 2.30. The Labute approximate surface area is 176 Å². The molecule has 4 rings (SSSR count). The van der Waals surface area contributed by atoms with Gasteiger partial charge >= 0.3 is 6.03 Å². The number of ether oxygens (including phenoxy) is 1. The minimum atomic E-state index is -0.328. The predicted octanol–water partition coefficient (Wildman–Crippen LogP) is 4.70. The summed E-state index contributed by atoms with van der Waals surface area (Å²) in [5, 5.41) is 9.76. The number of carbonyl (C=O) groups is 1.